The molecule has 0 atom stereocenters. The van der Waals surface area contributed by atoms with E-state index in [1.807, 2.05) is 0 Å². The monoisotopic (exact) mass is 241 g/mol. The maximum atomic E-state index is 12.3. The van der Waals surface area contributed by atoms with Crippen molar-refractivity contribution in [1.82, 2.24) is 5.32 Å². The molecule has 0 aliphatic carbocycles. The Hall–Kier alpha value is 0.181. The first-order valence-corrected chi connectivity index (χ1v) is 3.97. The second-order valence-corrected chi connectivity index (χ2v) is 2.78. The second-order valence-electron chi connectivity index (χ2n) is 2.78. The fourth-order valence-corrected chi connectivity index (χ4v) is 1.03. The molecule has 1 rings (SSSR count). The van der Waals surface area contributed by atoms with Crippen LogP contribution in [0.3, 0.4) is 0 Å². The number of benzene rings is 1. The minimum Gasteiger partial charge on any atom is -0.445 e. The summed E-state index contributed by atoms with van der Waals surface area (Å²) in [7, 11) is 1.37. The van der Waals surface area contributed by atoms with Crippen molar-refractivity contribution >= 4 is 18.3 Å². The summed E-state index contributed by atoms with van der Waals surface area (Å²) in [5.41, 5.74) is -0.740. The van der Waals surface area contributed by atoms with Crippen LogP contribution in [0.4, 0.5) is 12.9 Å². The normalized spacial score (nSPS) is 10.4. The van der Waals surface area contributed by atoms with Crippen molar-refractivity contribution < 1.29 is 69.1 Å². The first-order valence-electron chi connectivity index (χ1n) is 3.97. The number of hydrogen-bond acceptors (Lipinski definition) is 1. The van der Waals surface area contributed by atoms with Crippen LogP contribution in [0, 0.1) is 0 Å². The van der Waals surface area contributed by atoms with Crippen LogP contribution in [0.5, 0.6) is 0 Å². The van der Waals surface area contributed by atoms with Crippen LogP contribution in [-0.4, -0.2) is 19.9 Å². The average Bonchev–Trinajstić information content (AvgIpc) is 2.15. The third-order valence-electron chi connectivity index (χ3n) is 1.75. The molecule has 76 valence electrons. The summed E-state index contributed by atoms with van der Waals surface area (Å²) in [4.78, 5) is 11.0. The molecule has 0 bridgehead atoms. The molecule has 1 aromatic carbocycles. The van der Waals surface area contributed by atoms with E-state index in [1.54, 1.807) is 0 Å². The SMILES string of the molecule is CNC(=O)c1cccc([B-](F)(F)F)c1.[K+]. The predicted molar refractivity (Wildman–Crippen MR) is 48.5 cm³/mol. The van der Waals surface area contributed by atoms with Crippen molar-refractivity contribution in [2.24, 2.45) is 0 Å². The molecule has 7 heteroatoms. The van der Waals surface area contributed by atoms with Crippen LogP contribution in [0.1, 0.15) is 10.4 Å². The Kier molecular flexibility index (Phi) is 6.12. The fraction of sp³-hybridized carbons (Fsp3) is 0.125. The molecule has 0 saturated heterocycles. The summed E-state index contributed by atoms with van der Waals surface area (Å²) in [5, 5.41) is 2.26. The predicted octanol–water partition coefficient (Wildman–Crippen LogP) is -1.90. The maximum absolute atomic E-state index is 12.3. The Bertz CT molecular complexity index is 356. The van der Waals surface area contributed by atoms with E-state index in [4.69, 9.17) is 0 Å². The molecule has 0 aliphatic rings. The van der Waals surface area contributed by atoms with Gasteiger partial charge in [-0.1, -0.05) is 18.2 Å². The molecule has 0 aliphatic heterocycles. The molecule has 0 aromatic heterocycles. The Morgan fingerprint density at radius 2 is 1.93 bits per heavy atom. The van der Waals surface area contributed by atoms with Crippen molar-refractivity contribution in [3.63, 3.8) is 0 Å². The van der Waals surface area contributed by atoms with Gasteiger partial charge in [-0.2, -0.15) is 0 Å². The van der Waals surface area contributed by atoms with Gasteiger partial charge in [0.05, 0.1) is 0 Å². The van der Waals surface area contributed by atoms with E-state index in [0.717, 1.165) is 12.1 Å². The number of halogens is 3. The molecule has 1 amide bonds. The van der Waals surface area contributed by atoms with Crippen LogP contribution in [0.2, 0.25) is 0 Å². The van der Waals surface area contributed by atoms with Crippen molar-refractivity contribution in [2.75, 3.05) is 7.05 Å². The number of carbonyl (C=O) groups excluding carboxylic acids is 1. The molecule has 2 nitrogen and oxygen atoms in total. The number of nitrogens with one attached hydrogen (secondary N) is 1. The number of rotatable bonds is 2. The van der Waals surface area contributed by atoms with Gasteiger partial charge in [0.25, 0.3) is 5.91 Å². The summed E-state index contributed by atoms with van der Waals surface area (Å²) in [6.45, 7) is -5.04. The molecular formula is C8H8BF3KNO. The van der Waals surface area contributed by atoms with Gasteiger partial charge in [-0.05, 0) is 6.07 Å². The van der Waals surface area contributed by atoms with E-state index in [2.05, 4.69) is 5.32 Å². The molecule has 0 saturated carbocycles. The van der Waals surface area contributed by atoms with Gasteiger partial charge in [0, 0.05) is 12.6 Å². The largest absolute Gasteiger partial charge is 1.00 e. The zero-order valence-corrected chi connectivity index (χ0v) is 11.6. The molecule has 0 heterocycles. The quantitative estimate of drug-likeness (QED) is 0.602. The number of hydrogen-bond donors (Lipinski definition) is 1. The van der Waals surface area contributed by atoms with E-state index in [0.29, 0.717) is 0 Å². The maximum Gasteiger partial charge on any atom is 1.00 e. The molecule has 0 fully saturated rings. The minimum atomic E-state index is -5.04. The van der Waals surface area contributed by atoms with Gasteiger partial charge in [-0.25, -0.2) is 0 Å². The van der Waals surface area contributed by atoms with Crippen molar-refractivity contribution in [2.45, 2.75) is 0 Å². The first-order chi connectivity index (χ1) is 6.45. The molecule has 1 aromatic rings. The van der Waals surface area contributed by atoms with Gasteiger partial charge in [0.2, 0.25) is 0 Å². The molecule has 15 heavy (non-hydrogen) atoms. The molecule has 0 radical (unpaired) electrons. The van der Waals surface area contributed by atoms with Crippen LogP contribution in [0.25, 0.3) is 0 Å². The Morgan fingerprint density at radius 1 is 1.33 bits per heavy atom. The van der Waals surface area contributed by atoms with Crippen molar-refractivity contribution in [1.29, 1.82) is 0 Å². The average molecular weight is 241 g/mol. The zero-order valence-electron chi connectivity index (χ0n) is 8.43. The summed E-state index contributed by atoms with van der Waals surface area (Å²) in [6.07, 6.45) is 0. The molecule has 0 unspecified atom stereocenters. The fourth-order valence-electron chi connectivity index (χ4n) is 1.03. The van der Waals surface area contributed by atoms with Crippen LogP contribution >= 0.6 is 0 Å². The van der Waals surface area contributed by atoms with E-state index in [9.17, 15) is 17.7 Å². The van der Waals surface area contributed by atoms with Crippen LogP contribution in [-0.2, 0) is 0 Å². The van der Waals surface area contributed by atoms with E-state index in [1.165, 1.54) is 19.2 Å². The third kappa shape index (κ3) is 4.28. The smallest absolute Gasteiger partial charge is 0.445 e. The van der Waals surface area contributed by atoms with Gasteiger partial charge in [0.15, 0.2) is 0 Å². The summed E-state index contributed by atoms with van der Waals surface area (Å²) in [6, 6.07) is 4.35. The van der Waals surface area contributed by atoms with Gasteiger partial charge >= 0.3 is 58.4 Å². The van der Waals surface area contributed by atoms with E-state index >= 15 is 0 Å². The first kappa shape index (κ1) is 15.2. The topological polar surface area (TPSA) is 29.1 Å². The summed E-state index contributed by atoms with van der Waals surface area (Å²) < 4.78 is 36.8. The Morgan fingerprint density at radius 3 is 2.40 bits per heavy atom. The molecule has 1 N–H and O–H groups in total. The van der Waals surface area contributed by atoms with Crippen LogP contribution < -0.4 is 62.2 Å². The van der Waals surface area contributed by atoms with Gasteiger partial charge in [0.1, 0.15) is 0 Å². The Labute approximate surface area is 128 Å². The van der Waals surface area contributed by atoms with E-state index in [-0.39, 0.29) is 56.9 Å². The second kappa shape index (κ2) is 6.05. The number of carbonyl (C=O) groups is 1. The Balaban J connectivity index is 0.00000196. The standard InChI is InChI=1S/C8H8BF3NO.K/c1-13-8(14)6-3-2-4-7(5-6)9(10,11)12;/h2-5H,1H3,(H,13,14);/q-1;+1. The summed E-state index contributed by atoms with van der Waals surface area (Å²) >= 11 is 0. The van der Waals surface area contributed by atoms with Crippen LogP contribution in [0.15, 0.2) is 24.3 Å². The van der Waals surface area contributed by atoms with Gasteiger partial charge < -0.3 is 18.3 Å². The number of amides is 1. The third-order valence-corrected chi connectivity index (χ3v) is 1.75. The van der Waals surface area contributed by atoms with E-state index < -0.39 is 18.3 Å². The zero-order chi connectivity index (χ0) is 10.8. The minimum absolute atomic E-state index is 0. The van der Waals surface area contributed by atoms with Gasteiger partial charge in [-0.3, -0.25) is 4.79 Å². The molecule has 0 spiro atoms. The van der Waals surface area contributed by atoms with Crippen molar-refractivity contribution in [3.05, 3.63) is 29.8 Å². The molecular weight excluding hydrogens is 233 g/mol. The van der Waals surface area contributed by atoms with Crippen molar-refractivity contribution in [3.8, 4) is 0 Å². The summed E-state index contributed by atoms with van der Waals surface area (Å²) in [5.74, 6) is -0.521. The van der Waals surface area contributed by atoms with Gasteiger partial charge in [-0.15, -0.1) is 5.46 Å².